The zero-order chi connectivity index (χ0) is 15.9. The van der Waals surface area contributed by atoms with Gasteiger partial charge in [0.2, 0.25) is 5.91 Å². The van der Waals surface area contributed by atoms with Crippen molar-refractivity contribution in [1.29, 1.82) is 0 Å². The van der Waals surface area contributed by atoms with E-state index in [4.69, 9.17) is 9.84 Å². The number of hydrogen-bond donors (Lipinski definition) is 2. The van der Waals surface area contributed by atoms with E-state index in [1.54, 1.807) is 12.0 Å². The van der Waals surface area contributed by atoms with Crippen LogP contribution in [0.3, 0.4) is 0 Å². The average molecular weight is 306 g/mol. The number of benzene rings is 1. The maximum Gasteiger partial charge on any atom is 0.320 e. The molecule has 1 fully saturated rings. The molecular weight excluding hydrogens is 284 g/mol. The minimum Gasteiger partial charge on any atom is -0.480 e. The van der Waals surface area contributed by atoms with Crippen molar-refractivity contribution < 1.29 is 19.4 Å². The van der Waals surface area contributed by atoms with Gasteiger partial charge in [-0.2, -0.15) is 0 Å². The first-order chi connectivity index (χ1) is 10.6. The predicted octanol–water partition coefficient (Wildman–Crippen LogP) is 0.998. The molecule has 0 radical (unpaired) electrons. The van der Waals surface area contributed by atoms with Crippen molar-refractivity contribution >= 4 is 11.9 Å². The van der Waals surface area contributed by atoms with Gasteiger partial charge in [0, 0.05) is 13.7 Å². The number of likely N-dealkylation sites (tertiary alicyclic amines) is 1. The number of nitrogens with one attached hydrogen (secondary N) is 1. The number of rotatable bonds is 7. The van der Waals surface area contributed by atoms with Gasteiger partial charge in [-0.05, 0) is 30.5 Å². The monoisotopic (exact) mass is 306 g/mol. The Balaban J connectivity index is 1.87. The highest BCUT2D eigenvalue weighted by atomic mass is 16.5. The summed E-state index contributed by atoms with van der Waals surface area (Å²) in [6.07, 6.45) is 1.43. The lowest BCUT2D eigenvalue weighted by Crippen LogP contribution is -2.42. The number of carboxylic acids is 1. The second kappa shape index (κ2) is 7.91. The van der Waals surface area contributed by atoms with Crippen LogP contribution in [0, 0.1) is 0 Å². The summed E-state index contributed by atoms with van der Waals surface area (Å²) in [7, 11) is 1.63. The molecule has 1 atom stereocenters. The maximum absolute atomic E-state index is 12.0. The second-order valence-electron chi connectivity index (χ2n) is 5.45. The van der Waals surface area contributed by atoms with E-state index in [9.17, 15) is 9.59 Å². The van der Waals surface area contributed by atoms with Gasteiger partial charge in [0.1, 0.15) is 6.04 Å². The highest BCUT2D eigenvalue weighted by molar-refractivity contribution is 5.80. The van der Waals surface area contributed by atoms with E-state index in [1.807, 2.05) is 24.3 Å². The highest BCUT2D eigenvalue weighted by Crippen LogP contribution is 2.16. The normalized spacial score (nSPS) is 18.3. The fourth-order valence-corrected chi connectivity index (χ4v) is 2.76. The molecule has 1 aromatic rings. The van der Waals surface area contributed by atoms with Crippen molar-refractivity contribution in [1.82, 2.24) is 10.2 Å². The van der Waals surface area contributed by atoms with Crippen LogP contribution in [0.4, 0.5) is 0 Å². The summed E-state index contributed by atoms with van der Waals surface area (Å²) in [4.78, 5) is 24.9. The van der Waals surface area contributed by atoms with Gasteiger partial charge in [-0.1, -0.05) is 24.3 Å². The molecule has 0 aromatic heterocycles. The van der Waals surface area contributed by atoms with Gasteiger partial charge in [0.15, 0.2) is 0 Å². The maximum atomic E-state index is 12.0. The standard InChI is InChI=1S/C16H22N2O4/c1-22-11-13-6-3-2-5-12(13)9-17-15(19)10-18-8-4-7-14(18)16(20)21/h2-3,5-6,14H,4,7-11H2,1H3,(H,17,19)(H,20,21)/t14-/m0/s1. The Bertz CT molecular complexity index is 533. The van der Waals surface area contributed by atoms with Gasteiger partial charge in [0.25, 0.3) is 0 Å². The van der Waals surface area contributed by atoms with Crippen molar-refractivity contribution in [3.8, 4) is 0 Å². The minimum absolute atomic E-state index is 0.128. The number of carbonyl (C=O) groups is 2. The Hall–Kier alpha value is -1.92. The summed E-state index contributed by atoms with van der Waals surface area (Å²) in [5.74, 6) is -1.00. The number of nitrogens with zero attached hydrogens (tertiary/aromatic N) is 1. The van der Waals surface area contributed by atoms with Gasteiger partial charge < -0.3 is 15.2 Å². The lowest BCUT2D eigenvalue weighted by molar-refractivity contribution is -0.142. The summed E-state index contributed by atoms with van der Waals surface area (Å²) < 4.78 is 5.14. The second-order valence-corrected chi connectivity index (χ2v) is 5.45. The van der Waals surface area contributed by atoms with Gasteiger partial charge in [-0.15, -0.1) is 0 Å². The zero-order valence-corrected chi connectivity index (χ0v) is 12.7. The van der Waals surface area contributed by atoms with Gasteiger partial charge in [-0.3, -0.25) is 14.5 Å². The molecule has 1 aliphatic rings. The SMILES string of the molecule is COCc1ccccc1CNC(=O)CN1CCC[C@H]1C(=O)O. The van der Waals surface area contributed by atoms with Crippen LogP contribution in [-0.4, -0.2) is 48.1 Å². The summed E-state index contributed by atoms with van der Waals surface area (Å²) >= 11 is 0. The van der Waals surface area contributed by atoms with E-state index < -0.39 is 12.0 Å². The Labute approximate surface area is 130 Å². The highest BCUT2D eigenvalue weighted by Gasteiger charge is 2.31. The third kappa shape index (κ3) is 4.29. The van der Waals surface area contributed by atoms with Gasteiger partial charge in [-0.25, -0.2) is 0 Å². The van der Waals surface area contributed by atoms with Crippen LogP contribution in [0.1, 0.15) is 24.0 Å². The first kappa shape index (κ1) is 16.5. The quantitative estimate of drug-likeness (QED) is 0.785. The Morgan fingerprint density at radius 2 is 2.09 bits per heavy atom. The first-order valence-corrected chi connectivity index (χ1v) is 7.41. The Morgan fingerprint density at radius 1 is 1.36 bits per heavy atom. The molecule has 1 heterocycles. The fourth-order valence-electron chi connectivity index (χ4n) is 2.76. The Morgan fingerprint density at radius 3 is 2.77 bits per heavy atom. The lowest BCUT2D eigenvalue weighted by atomic mass is 10.1. The number of hydrogen-bond acceptors (Lipinski definition) is 4. The van der Waals surface area contributed by atoms with Crippen LogP contribution in [-0.2, 0) is 27.5 Å². The van der Waals surface area contributed by atoms with Crippen molar-refractivity contribution in [3.05, 3.63) is 35.4 Å². The molecule has 0 unspecified atom stereocenters. The van der Waals surface area contributed by atoms with Crippen LogP contribution in [0.2, 0.25) is 0 Å². The third-order valence-electron chi connectivity index (χ3n) is 3.89. The van der Waals surface area contributed by atoms with Gasteiger partial charge in [0.05, 0.1) is 13.2 Å². The lowest BCUT2D eigenvalue weighted by Gasteiger charge is -2.20. The van der Waals surface area contributed by atoms with E-state index in [0.717, 1.165) is 17.5 Å². The molecule has 0 aliphatic carbocycles. The fraction of sp³-hybridized carbons (Fsp3) is 0.500. The molecule has 1 amide bonds. The molecule has 0 saturated carbocycles. The molecule has 6 nitrogen and oxygen atoms in total. The number of carboxylic acid groups (broad SMARTS) is 1. The largest absolute Gasteiger partial charge is 0.480 e. The molecule has 0 bridgehead atoms. The number of aliphatic carboxylic acids is 1. The summed E-state index contributed by atoms with van der Waals surface area (Å²) in [5, 5.41) is 12.0. The van der Waals surface area contributed by atoms with Crippen LogP contribution < -0.4 is 5.32 Å². The number of amides is 1. The van der Waals surface area contributed by atoms with Crippen molar-refractivity contribution in [2.45, 2.75) is 32.0 Å². The molecule has 1 aromatic carbocycles. The molecule has 2 N–H and O–H groups in total. The molecule has 0 spiro atoms. The predicted molar refractivity (Wildman–Crippen MR) is 81.2 cm³/mol. The summed E-state index contributed by atoms with van der Waals surface area (Å²) in [6, 6.07) is 7.23. The van der Waals surface area contributed by atoms with E-state index in [2.05, 4.69) is 5.32 Å². The van der Waals surface area contributed by atoms with Crippen LogP contribution >= 0.6 is 0 Å². The topological polar surface area (TPSA) is 78.9 Å². The first-order valence-electron chi connectivity index (χ1n) is 7.41. The van der Waals surface area contributed by atoms with E-state index >= 15 is 0 Å². The summed E-state index contributed by atoms with van der Waals surface area (Å²) in [6.45, 7) is 1.71. The van der Waals surface area contributed by atoms with Crippen LogP contribution in [0.5, 0.6) is 0 Å². The van der Waals surface area contributed by atoms with Crippen molar-refractivity contribution in [2.75, 3.05) is 20.2 Å². The van der Waals surface area contributed by atoms with Crippen LogP contribution in [0.15, 0.2) is 24.3 Å². The molecule has 1 aliphatic heterocycles. The molecule has 2 rings (SSSR count). The van der Waals surface area contributed by atoms with Crippen molar-refractivity contribution in [2.24, 2.45) is 0 Å². The molecule has 22 heavy (non-hydrogen) atoms. The third-order valence-corrected chi connectivity index (χ3v) is 3.89. The van der Waals surface area contributed by atoms with E-state index in [1.165, 1.54) is 0 Å². The molecular formula is C16H22N2O4. The van der Waals surface area contributed by atoms with E-state index in [0.29, 0.717) is 26.1 Å². The van der Waals surface area contributed by atoms with Crippen LogP contribution in [0.25, 0.3) is 0 Å². The van der Waals surface area contributed by atoms with E-state index in [-0.39, 0.29) is 12.5 Å². The minimum atomic E-state index is -0.851. The number of carbonyl (C=O) groups excluding carboxylic acids is 1. The number of ether oxygens (including phenoxy) is 1. The van der Waals surface area contributed by atoms with Gasteiger partial charge >= 0.3 is 5.97 Å². The number of methoxy groups -OCH3 is 1. The molecule has 1 saturated heterocycles. The smallest absolute Gasteiger partial charge is 0.320 e. The average Bonchev–Trinajstić information content (AvgIpc) is 2.95. The molecule has 6 heteroatoms. The zero-order valence-electron chi connectivity index (χ0n) is 12.7. The summed E-state index contributed by atoms with van der Waals surface area (Å²) in [5.41, 5.74) is 2.05. The Kier molecular flexibility index (Phi) is 5.91. The molecule has 120 valence electrons. The van der Waals surface area contributed by atoms with Crippen molar-refractivity contribution in [3.63, 3.8) is 0 Å².